The third-order valence-electron chi connectivity index (χ3n) is 2.89. The summed E-state index contributed by atoms with van der Waals surface area (Å²) in [6.07, 6.45) is -0.204. The lowest BCUT2D eigenvalue weighted by Crippen LogP contribution is -2.06. The van der Waals surface area contributed by atoms with E-state index in [1.807, 2.05) is 37.3 Å². The zero-order chi connectivity index (χ0) is 13.8. The summed E-state index contributed by atoms with van der Waals surface area (Å²) in [6.45, 7) is 3.29. The molecule has 2 nitrogen and oxygen atoms in total. The van der Waals surface area contributed by atoms with Crippen molar-refractivity contribution in [2.45, 2.75) is 20.0 Å². The second-order valence-corrected chi connectivity index (χ2v) is 4.37. The lowest BCUT2D eigenvalue weighted by atomic mass is 10.1. The fourth-order valence-electron chi connectivity index (χ4n) is 1.86. The first-order chi connectivity index (χ1) is 9.08. The summed E-state index contributed by atoms with van der Waals surface area (Å²) in [7, 11) is 0. The molecule has 0 bridgehead atoms. The molecule has 3 heteroatoms. The predicted octanol–water partition coefficient (Wildman–Crippen LogP) is 4.17. The van der Waals surface area contributed by atoms with Crippen LogP contribution in [0.3, 0.4) is 0 Å². The molecule has 0 N–H and O–H groups in total. The van der Waals surface area contributed by atoms with Gasteiger partial charge in [-0.25, -0.2) is 4.39 Å². The van der Waals surface area contributed by atoms with Crippen LogP contribution in [0, 0.1) is 5.82 Å². The van der Waals surface area contributed by atoms with E-state index in [1.165, 1.54) is 25.1 Å². The zero-order valence-corrected chi connectivity index (χ0v) is 10.9. The molecule has 98 valence electrons. The molecule has 0 aromatic heterocycles. The van der Waals surface area contributed by atoms with Crippen LogP contribution in [-0.4, -0.2) is 5.78 Å². The molecule has 2 aromatic carbocycles. The van der Waals surface area contributed by atoms with E-state index in [2.05, 4.69) is 0 Å². The summed E-state index contributed by atoms with van der Waals surface area (Å²) < 4.78 is 18.9. The van der Waals surface area contributed by atoms with Gasteiger partial charge in [0.05, 0.1) is 5.56 Å². The highest BCUT2D eigenvalue weighted by atomic mass is 19.1. The Kier molecular flexibility index (Phi) is 3.95. The number of hydrogen-bond acceptors (Lipinski definition) is 2. The number of carbonyl (C=O) groups is 1. The van der Waals surface area contributed by atoms with Crippen LogP contribution in [0.1, 0.15) is 35.9 Å². The molecule has 2 rings (SSSR count). The molecule has 0 spiro atoms. The van der Waals surface area contributed by atoms with Crippen molar-refractivity contribution in [3.63, 3.8) is 0 Å². The van der Waals surface area contributed by atoms with E-state index in [1.54, 1.807) is 0 Å². The molecule has 0 saturated heterocycles. The summed E-state index contributed by atoms with van der Waals surface area (Å²) in [5.41, 5.74) is 1.27. The SMILES string of the molecule is CC(=O)c1cc(F)ccc1OC(C)c1ccccc1. The molecule has 0 amide bonds. The Hall–Kier alpha value is -2.16. The molecule has 1 unspecified atom stereocenters. The van der Waals surface area contributed by atoms with Gasteiger partial charge in [0, 0.05) is 0 Å². The van der Waals surface area contributed by atoms with Crippen LogP contribution >= 0.6 is 0 Å². The first-order valence-electron chi connectivity index (χ1n) is 6.10. The Morgan fingerprint density at radius 2 is 1.84 bits per heavy atom. The van der Waals surface area contributed by atoms with Crippen molar-refractivity contribution in [1.29, 1.82) is 0 Å². The topological polar surface area (TPSA) is 26.3 Å². The highest BCUT2D eigenvalue weighted by Gasteiger charge is 2.13. The summed E-state index contributed by atoms with van der Waals surface area (Å²) in [5, 5.41) is 0. The standard InChI is InChI=1S/C16H15FO2/c1-11(18)15-10-14(17)8-9-16(15)19-12(2)13-6-4-3-5-7-13/h3-10,12H,1-2H3. The Morgan fingerprint density at radius 3 is 2.47 bits per heavy atom. The molecule has 0 saturated carbocycles. The van der Waals surface area contributed by atoms with Crippen molar-refractivity contribution in [2.75, 3.05) is 0 Å². The van der Waals surface area contributed by atoms with Crippen molar-refractivity contribution in [1.82, 2.24) is 0 Å². The molecule has 0 aliphatic carbocycles. The van der Waals surface area contributed by atoms with Gasteiger partial charge in [-0.2, -0.15) is 0 Å². The van der Waals surface area contributed by atoms with Crippen LogP contribution in [-0.2, 0) is 0 Å². The van der Waals surface area contributed by atoms with Gasteiger partial charge in [-0.1, -0.05) is 30.3 Å². The summed E-state index contributed by atoms with van der Waals surface area (Å²) in [4.78, 5) is 11.5. The molecule has 0 radical (unpaired) electrons. The van der Waals surface area contributed by atoms with Crippen LogP contribution in [0.2, 0.25) is 0 Å². The second kappa shape index (κ2) is 5.65. The van der Waals surface area contributed by atoms with Gasteiger partial charge < -0.3 is 4.74 Å². The molecule has 2 aromatic rings. The number of ether oxygens (including phenoxy) is 1. The number of carbonyl (C=O) groups excluding carboxylic acids is 1. The molecule has 0 fully saturated rings. The Labute approximate surface area is 111 Å². The van der Waals surface area contributed by atoms with E-state index in [0.717, 1.165) is 5.56 Å². The van der Waals surface area contributed by atoms with Crippen LogP contribution in [0.25, 0.3) is 0 Å². The molecule has 0 heterocycles. The highest BCUT2D eigenvalue weighted by Crippen LogP contribution is 2.26. The van der Waals surface area contributed by atoms with E-state index in [4.69, 9.17) is 4.74 Å². The van der Waals surface area contributed by atoms with E-state index >= 15 is 0 Å². The highest BCUT2D eigenvalue weighted by molar-refractivity contribution is 5.96. The fourth-order valence-corrected chi connectivity index (χ4v) is 1.86. The number of Topliss-reactive ketones (excluding diaryl/α,β-unsaturated/α-hetero) is 1. The smallest absolute Gasteiger partial charge is 0.163 e. The molecule has 0 aliphatic heterocycles. The first kappa shape index (κ1) is 13.3. The minimum Gasteiger partial charge on any atom is -0.485 e. The molecular weight excluding hydrogens is 243 g/mol. The third kappa shape index (κ3) is 3.19. The lowest BCUT2D eigenvalue weighted by Gasteiger charge is -2.17. The van der Waals surface area contributed by atoms with Crippen LogP contribution < -0.4 is 4.74 Å². The lowest BCUT2D eigenvalue weighted by molar-refractivity contribution is 0.101. The number of ketones is 1. The number of rotatable bonds is 4. The van der Waals surface area contributed by atoms with Crippen molar-refractivity contribution in [2.24, 2.45) is 0 Å². The van der Waals surface area contributed by atoms with E-state index < -0.39 is 5.82 Å². The van der Waals surface area contributed by atoms with Gasteiger partial charge in [0.1, 0.15) is 17.7 Å². The Balaban J connectivity index is 2.26. The fraction of sp³-hybridized carbons (Fsp3) is 0.188. The average Bonchev–Trinajstić information content (AvgIpc) is 2.41. The van der Waals surface area contributed by atoms with Gasteiger partial charge in [-0.05, 0) is 37.6 Å². The summed E-state index contributed by atoms with van der Waals surface area (Å²) in [6, 6.07) is 13.6. The molecule has 19 heavy (non-hydrogen) atoms. The summed E-state index contributed by atoms with van der Waals surface area (Å²) in [5.74, 6) is -0.245. The summed E-state index contributed by atoms with van der Waals surface area (Å²) >= 11 is 0. The molecule has 1 atom stereocenters. The van der Waals surface area contributed by atoms with E-state index in [9.17, 15) is 9.18 Å². The predicted molar refractivity (Wildman–Crippen MR) is 71.9 cm³/mol. The van der Waals surface area contributed by atoms with Crippen LogP contribution in [0.4, 0.5) is 4.39 Å². The van der Waals surface area contributed by atoms with Crippen LogP contribution in [0.15, 0.2) is 48.5 Å². The maximum atomic E-state index is 13.2. The zero-order valence-electron chi connectivity index (χ0n) is 10.9. The number of hydrogen-bond donors (Lipinski definition) is 0. The minimum absolute atomic E-state index is 0.204. The van der Waals surface area contributed by atoms with Gasteiger partial charge in [0.15, 0.2) is 5.78 Å². The maximum absolute atomic E-state index is 13.2. The maximum Gasteiger partial charge on any atom is 0.163 e. The van der Waals surface area contributed by atoms with Crippen molar-refractivity contribution in [3.8, 4) is 5.75 Å². The van der Waals surface area contributed by atoms with Crippen LogP contribution in [0.5, 0.6) is 5.75 Å². The van der Waals surface area contributed by atoms with Gasteiger partial charge >= 0.3 is 0 Å². The average molecular weight is 258 g/mol. The van der Waals surface area contributed by atoms with Crippen molar-refractivity contribution >= 4 is 5.78 Å². The van der Waals surface area contributed by atoms with E-state index in [-0.39, 0.29) is 17.5 Å². The minimum atomic E-state index is -0.440. The quantitative estimate of drug-likeness (QED) is 0.769. The van der Waals surface area contributed by atoms with E-state index in [0.29, 0.717) is 5.75 Å². The van der Waals surface area contributed by atoms with Crippen molar-refractivity contribution in [3.05, 3.63) is 65.5 Å². The number of halogens is 1. The van der Waals surface area contributed by atoms with Gasteiger partial charge in [0.25, 0.3) is 0 Å². The normalized spacial score (nSPS) is 11.9. The third-order valence-corrected chi connectivity index (χ3v) is 2.89. The monoisotopic (exact) mass is 258 g/mol. The first-order valence-corrected chi connectivity index (χ1v) is 6.10. The Bertz CT molecular complexity index is 579. The Morgan fingerprint density at radius 1 is 1.16 bits per heavy atom. The molecular formula is C16H15FO2. The largest absolute Gasteiger partial charge is 0.485 e. The van der Waals surface area contributed by atoms with Gasteiger partial charge in [-0.3, -0.25) is 4.79 Å². The van der Waals surface area contributed by atoms with Crippen molar-refractivity contribution < 1.29 is 13.9 Å². The van der Waals surface area contributed by atoms with Gasteiger partial charge in [0.2, 0.25) is 0 Å². The molecule has 0 aliphatic rings. The number of benzene rings is 2. The second-order valence-electron chi connectivity index (χ2n) is 4.37. The van der Waals surface area contributed by atoms with Gasteiger partial charge in [-0.15, -0.1) is 0 Å².